The van der Waals surface area contributed by atoms with Gasteiger partial charge in [-0.25, -0.2) is 9.67 Å². The summed E-state index contributed by atoms with van der Waals surface area (Å²) < 4.78 is 14.8. The molecule has 1 aliphatic carbocycles. The monoisotopic (exact) mass is 471 g/mol. The molecule has 0 saturated carbocycles. The fourth-order valence-electron chi connectivity index (χ4n) is 4.67. The summed E-state index contributed by atoms with van der Waals surface area (Å²) in [5, 5.41) is 7.97. The van der Waals surface area contributed by atoms with E-state index < -0.39 is 6.04 Å². The maximum absolute atomic E-state index is 13.7. The summed E-state index contributed by atoms with van der Waals surface area (Å²) in [6.45, 7) is 2.06. The summed E-state index contributed by atoms with van der Waals surface area (Å²) in [7, 11) is 5.12. The first-order valence-electron chi connectivity index (χ1n) is 11.7. The second-order valence-corrected chi connectivity index (χ2v) is 8.82. The molecule has 5 rings (SSSR count). The number of nitrogens with one attached hydrogen (secondary N) is 1. The van der Waals surface area contributed by atoms with Crippen molar-refractivity contribution in [1.82, 2.24) is 24.6 Å². The highest BCUT2D eigenvalue weighted by molar-refractivity contribution is 5.94. The van der Waals surface area contributed by atoms with Gasteiger partial charge in [-0.05, 0) is 56.0 Å². The van der Waals surface area contributed by atoms with E-state index in [0.29, 0.717) is 23.0 Å². The van der Waals surface area contributed by atoms with Crippen LogP contribution in [0.1, 0.15) is 51.2 Å². The molecule has 0 fully saturated rings. The quantitative estimate of drug-likeness (QED) is 0.442. The minimum absolute atomic E-state index is 0.233. The number of aryl methyl sites for hydroxylation is 2. The molecule has 1 atom stereocenters. The van der Waals surface area contributed by atoms with E-state index in [1.165, 1.54) is 5.56 Å². The lowest BCUT2D eigenvalue weighted by Crippen LogP contribution is -2.32. The Hall–Kier alpha value is -4.07. The number of benzene rings is 2. The molecule has 8 heteroatoms. The fourth-order valence-corrected chi connectivity index (χ4v) is 4.67. The van der Waals surface area contributed by atoms with Crippen molar-refractivity contribution >= 4 is 5.91 Å². The van der Waals surface area contributed by atoms with Crippen LogP contribution in [0.2, 0.25) is 0 Å². The minimum atomic E-state index is -0.520. The van der Waals surface area contributed by atoms with Crippen LogP contribution in [-0.2, 0) is 19.9 Å². The molecular weight excluding hydrogens is 442 g/mol. The van der Waals surface area contributed by atoms with Gasteiger partial charge in [-0.3, -0.25) is 4.79 Å². The molecule has 8 nitrogen and oxygen atoms in total. The van der Waals surface area contributed by atoms with Crippen LogP contribution in [0, 0.1) is 6.92 Å². The molecule has 0 aliphatic heterocycles. The van der Waals surface area contributed by atoms with E-state index in [4.69, 9.17) is 14.6 Å². The molecule has 2 aromatic carbocycles. The average Bonchev–Trinajstić information content (AvgIpc) is 3.60. The number of fused-ring (bicyclic) bond motifs is 1. The predicted molar refractivity (Wildman–Crippen MR) is 132 cm³/mol. The standard InChI is InChI=1S/C27H29N5O3/c1-17-8-10-19(11-9-17)32-23-7-5-6-22(23)25(30-32)27(33)29-24(26-28-12-13-31(26)2)18-14-20(34-3)16-21(15-18)35-4/h8-16,24H,5-7H2,1-4H3,(H,29,33). The fraction of sp³-hybridized carbons (Fsp3) is 0.296. The Bertz CT molecular complexity index is 1350. The number of ether oxygens (including phenoxy) is 2. The molecule has 4 aromatic rings. The van der Waals surface area contributed by atoms with Crippen LogP contribution in [0.15, 0.2) is 54.9 Å². The molecule has 1 amide bonds. The first-order valence-corrected chi connectivity index (χ1v) is 11.7. The first kappa shape index (κ1) is 22.7. The van der Waals surface area contributed by atoms with E-state index in [2.05, 4.69) is 29.4 Å². The number of aromatic nitrogens is 4. The lowest BCUT2D eigenvalue weighted by molar-refractivity contribution is 0.0934. The molecular formula is C27H29N5O3. The number of methoxy groups -OCH3 is 2. The first-order chi connectivity index (χ1) is 17.0. The Morgan fingerprint density at radius 1 is 1.06 bits per heavy atom. The normalized spacial score (nSPS) is 13.4. The number of carbonyl (C=O) groups is 1. The zero-order valence-electron chi connectivity index (χ0n) is 20.4. The average molecular weight is 472 g/mol. The molecule has 35 heavy (non-hydrogen) atoms. The maximum Gasteiger partial charge on any atom is 0.272 e. The molecule has 0 bridgehead atoms. The molecule has 2 aromatic heterocycles. The Labute approximate surface area is 204 Å². The van der Waals surface area contributed by atoms with Crippen LogP contribution in [0.5, 0.6) is 11.5 Å². The zero-order chi connectivity index (χ0) is 24.5. The van der Waals surface area contributed by atoms with Crippen molar-refractivity contribution in [2.45, 2.75) is 32.2 Å². The zero-order valence-corrected chi connectivity index (χ0v) is 20.4. The highest BCUT2D eigenvalue weighted by Gasteiger charge is 2.30. The van der Waals surface area contributed by atoms with Crippen LogP contribution < -0.4 is 14.8 Å². The molecule has 0 radical (unpaired) electrons. The lowest BCUT2D eigenvalue weighted by Gasteiger charge is -2.20. The topological polar surface area (TPSA) is 83.2 Å². The van der Waals surface area contributed by atoms with E-state index in [1.807, 2.05) is 46.8 Å². The Morgan fingerprint density at radius 2 is 1.77 bits per heavy atom. The van der Waals surface area contributed by atoms with Gasteiger partial charge in [0.05, 0.1) is 19.9 Å². The van der Waals surface area contributed by atoms with E-state index >= 15 is 0 Å². The van der Waals surface area contributed by atoms with Crippen LogP contribution in [0.25, 0.3) is 5.69 Å². The summed E-state index contributed by atoms with van der Waals surface area (Å²) in [5.41, 5.74) is 5.54. The summed E-state index contributed by atoms with van der Waals surface area (Å²) in [4.78, 5) is 18.2. The molecule has 0 saturated heterocycles. The van der Waals surface area contributed by atoms with Gasteiger partial charge >= 0.3 is 0 Å². The van der Waals surface area contributed by atoms with Crippen molar-refractivity contribution in [1.29, 1.82) is 0 Å². The van der Waals surface area contributed by atoms with Crippen LogP contribution in [-0.4, -0.2) is 39.5 Å². The van der Waals surface area contributed by atoms with E-state index in [1.54, 1.807) is 26.5 Å². The molecule has 0 spiro atoms. The van der Waals surface area contributed by atoms with Gasteiger partial charge in [0.2, 0.25) is 0 Å². The highest BCUT2D eigenvalue weighted by Crippen LogP contribution is 2.31. The van der Waals surface area contributed by atoms with E-state index in [0.717, 1.165) is 41.8 Å². The van der Waals surface area contributed by atoms with Crippen molar-refractivity contribution in [3.05, 3.63) is 88.8 Å². The van der Waals surface area contributed by atoms with E-state index in [9.17, 15) is 4.79 Å². The highest BCUT2D eigenvalue weighted by atomic mass is 16.5. The molecule has 1 N–H and O–H groups in total. The second kappa shape index (κ2) is 9.29. The summed E-state index contributed by atoms with van der Waals surface area (Å²) in [6, 6.07) is 13.3. The van der Waals surface area contributed by atoms with Crippen molar-refractivity contribution in [3.63, 3.8) is 0 Å². The molecule has 1 unspecified atom stereocenters. The van der Waals surface area contributed by atoms with Gasteiger partial charge in [-0.1, -0.05) is 17.7 Å². The Balaban J connectivity index is 1.54. The molecule has 1 aliphatic rings. The van der Waals surface area contributed by atoms with Crippen LogP contribution >= 0.6 is 0 Å². The molecule has 2 heterocycles. The third-order valence-corrected chi connectivity index (χ3v) is 6.52. The van der Waals surface area contributed by atoms with E-state index in [-0.39, 0.29) is 5.91 Å². The summed E-state index contributed by atoms with van der Waals surface area (Å²) in [5.74, 6) is 1.74. The van der Waals surface area contributed by atoms with Crippen molar-refractivity contribution in [3.8, 4) is 17.2 Å². The van der Waals surface area contributed by atoms with Gasteiger partial charge in [0, 0.05) is 36.8 Å². The van der Waals surface area contributed by atoms with Crippen molar-refractivity contribution in [2.24, 2.45) is 7.05 Å². The van der Waals surface area contributed by atoms with Gasteiger partial charge in [-0.15, -0.1) is 0 Å². The number of carbonyl (C=O) groups excluding carboxylic acids is 1. The summed E-state index contributed by atoms with van der Waals surface area (Å²) in [6.07, 6.45) is 6.32. The maximum atomic E-state index is 13.7. The summed E-state index contributed by atoms with van der Waals surface area (Å²) >= 11 is 0. The van der Waals surface area contributed by atoms with Gasteiger partial charge in [0.15, 0.2) is 5.69 Å². The number of amides is 1. The number of hydrogen-bond acceptors (Lipinski definition) is 5. The smallest absolute Gasteiger partial charge is 0.272 e. The van der Waals surface area contributed by atoms with Crippen LogP contribution in [0.3, 0.4) is 0 Å². The predicted octanol–water partition coefficient (Wildman–Crippen LogP) is 3.94. The van der Waals surface area contributed by atoms with Gasteiger partial charge in [-0.2, -0.15) is 5.10 Å². The third-order valence-electron chi connectivity index (χ3n) is 6.52. The molecule has 180 valence electrons. The Morgan fingerprint density at radius 3 is 2.40 bits per heavy atom. The number of hydrogen-bond donors (Lipinski definition) is 1. The minimum Gasteiger partial charge on any atom is -0.497 e. The Kier molecular flexibility index (Phi) is 6.03. The van der Waals surface area contributed by atoms with Gasteiger partial charge in [0.1, 0.15) is 23.4 Å². The number of rotatable bonds is 7. The second-order valence-electron chi connectivity index (χ2n) is 8.82. The van der Waals surface area contributed by atoms with Crippen LogP contribution in [0.4, 0.5) is 0 Å². The van der Waals surface area contributed by atoms with Crippen molar-refractivity contribution < 1.29 is 14.3 Å². The number of imidazole rings is 1. The van der Waals surface area contributed by atoms with Crippen molar-refractivity contribution in [2.75, 3.05) is 14.2 Å². The van der Waals surface area contributed by atoms with Gasteiger partial charge in [0.25, 0.3) is 5.91 Å². The number of nitrogens with zero attached hydrogens (tertiary/aromatic N) is 4. The van der Waals surface area contributed by atoms with Gasteiger partial charge < -0.3 is 19.4 Å². The SMILES string of the molecule is COc1cc(OC)cc(C(NC(=O)c2nn(-c3ccc(C)cc3)c3c2CCC3)c2nccn2C)c1. The lowest BCUT2D eigenvalue weighted by atomic mass is 10.0. The largest absolute Gasteiger partial charge is 0.497 e. The third kappa shape index (κ3) is 4.27.